The number of benzene rings is 1. The Morgan fingerprint density at radius 3 is 2.68 bits per heavy atom. The van der Waals surface area contributed by atoms with E-state index in [0.717, 1.165) is 70.9 Å². The molecular weight excluding hydrogens is 356 g/mol. The van der Waals surface area contributed by atoms with Crippen molar-refractivity contribution in [3.05, 3.63) is 41.7 Å². The Labute approximate surface area is 165 Å². The van der Waals surface area contributed by atoms with Crippen LogP contribution in [-0.4, -0.2) is 71.7 Å². The first-order valence-corrected chi connectivity index (χ1v) is 10.1. The molecule has 0 bridgehead atoms. The maximum absolute atomic E-state index is 12.5. The smallest absolute Gasteiger partial charge is 0.277 e. The van der Waals surface area contributed by atoms with Gasteiger partial charge in [0.1, 0.15) is 0 Å². The summed E-state index contributed by atoms with van der Waals surface area (Å²) in [5.41, 5.74) is 2.40. The van der Waals surface area contributed by atoms with Crippen molar-refractivity contribution in [3.8, 4) is 0 Å². The summed E-state index contributed by atoms with van der Waals surface area (Å²) in [4.78, 5) is 14.9. The lowest BCUT2D eigenvalue weighted by atomic mass is 10.1. The molecular formula is C20H28N6O2. The van der Waals surface area contributed by atoms with Gasteiger partial charge >= 0.3 is 0 Å². The zero-order valence-corrected chi connectivity index (χ0v) is 16.1. The van der Waals surface area contributed by atoms with Gasteiger partial charge in [0, 0.05) is 25.3 Å². The van der Waals surface area contributed by atoms with E-state index < -0.39 is 0 Å². The summed E-state index contributed by atoms with van der Waals surface area (Å²) in [7, 11) is 0. The number of rotatable bonds is 6. The average molecular weight is 384 g/mol. The minimum Gasteiger partial charge on any atom is -0.379 e. The molecule has 0 unspecified atom stereocenters. The second-order valence-electron chi connectivity index (χ2n) is 7.42. The first-order chi connectivity index (χ1) is 13.8. The molecule has 2 aliphatic heterocycles. The van der Waals surface area contributed by atoms with E-state index in [1.165, 1.54) is 5.56 Å². The normalized spacial score (nSPS) is 18.9. The highest BCUT2D eigenvalue weighted by atomic mass is 16.5. The van der Waals surface area contributed by atoms with Gasteiger partial charge in [-0.3, -0.25) is 9.69 Å². The summed E-state index contributed by atoms with van der Waals surface area (Å²) in [6, 6.07) is 8.36. The maximum Gasteiger partial charge on any atom is 0.277 e. The largest absolute Gasteiger partial charge is 0.379 e. The molecule has 2 fully saturated rings. The predicted octanol–water partition coefficient (Wildman–Crippen LogP) is 1.33. The number of anilines is 1. The van der Waals surface area contributed by atoms with E-state index in [2.05, 4.69) is 38.0 Å². The molecule has 1 amide bonds. The molecule has 150 valence electrons. The number of aromatic nitrogens is 3. The number of nitrogens with zero attached hydrogens (tertiary/aromatic N) is 4. The molecule has 28 heavy (non-hydrogen) atoms. The molecule has 1 aromatic carbocycles. The fourth-order valence-electron chi connectivity index (χ4n) is 3.69. The Morgan fingerprint density at radius 2 is 1.93 bits per heavy atom. The highest BCUT2D eigenvalue weighted by Crippen LogP contribution is 2.18. The van der Waals surface area contributed by atoms with Crippen LogP contribution in [0.1, 0.15) is 34.9 Å². The van der Waals surface area contributed by atoms with Gasteiger partial charge in [0.2, 0.25) is 0 Å². The van der Waals surface area contributed by atoms with Crippen molar-refractivity contribution in [3.63, 3.8) is 0 Å². The lowest BCUT2D eigenvalue weighted by molar-refractivity contribution is 0.0384. The van der Waals surface area contributed by atoms with E-state index in [-0.39, 0.29) is 5.91 Å². The fraction of sp³-hybridized carbons (Fsp3) is 0.550. The van der Waals surface area contributed by atoms with E-state index in [9.17, 15) is 4.79 Å². The third-order valence-electron chi connectivity index (χ3n) is 5.46. The lowest BCUT2D eigenvalue weighted by Gasteiger charge is -2.26. The van der Waals surface area contributed by atoms with Crippen LogP contribution in [0.4, 0.5) is 5.69 Å². The van der Waals surface area contributed by atoms with Gasteiger partial charge in [-0.1, -0.05) is 17.3 Å². The van der Waals surface area contributed by atoms with Crippen LogP contribution in [0, 0.1) is 0 Å². The van der Waals surface area contributed by atoms with Crippen LogP contribution in [0.2, 0.25) is 0 Å². The number of carbonyl (C=O) groups excluding carboxylic acids is 1. The summed E-state index contributed by atoms with van der Waals surface area (Å²) in [5.74, 6) is -0.221. The zero-order chi connectivity index (χ0) is 19.2. The highest BCUT2D eigenvalue weighted by molar-refractivity contribution is 6.02. The van der Waals surface area contributed by atoms with E-state index in [1.54, 1.807) is 6.20 Å². The third-order valence-corrected chi connectivity index (χ3v) is 5.46. The number of nitrogens with one attached hydrogen (secondary N) is 2. The number of morpholine rings is 1. The molecule has 2 aromatic rings. The first kappa shape index (κ1) is 19.0. The SMILES string of the molecule is O=C(Nc1ccc(CCN2CCOCC2)cc1)c1cn(C2CCNCC2)nn1. The first-order valence-electron chi connectivity index (χ1n) is 10.1. The standard InChI is InChI=1S/C20H28N6O2/c27-20(19-15-26(24-23-19)18-5-8-21-9-6-18)22-17-3-1-16(2-4-17)7-10-25-11-13-28-14-12-25/h1-4,15,18,21H,5-14H2,(H,22,27). The summed E-state index contributed by atoms with van der Waals surface area (Å²) >= 11 is 0. The van der Waals surface area contributed by atoms with Crippen molar-refractivity contribution in [2.45, 2.75) is 25.3 Å². The van der Waals surface area contributed by atoms with Crippen LogP contribution >= 0.6 is 0 Å². The van der Waals surface area contributed by atoms with Crippen molar-refractivity contribution >= 4 is 11.6 Å². The molecule has 2 saturated heterocycles. The highest BCUT2D eigenvalue weighted by Gasteiger charge is 2.19. The molecule has 8 nitrogen and oxygen atoms in total. The molecule has 1 aromatic heterocycles. The Hall–Kier alpha value is -2.29. The second kappa shape index (κ2) is 9.27. The molecule has 2 N–H and O–H groups in total. The number of carbonyl (C=O) groups is 1. The Morgan fingerprint density at radius 1 is 1.18 bits per heavy atom. The summed E-state index contributed by atoms with van der Waals surface area (Å²) < 4.78 is 7.20. The van der Waals surface area contributed by atoms with Gasteiger partial charge in [-0.25, -0.2) is 4.68 Å². The van der Waals surface area contributed by atoms with Crippen LogP contribution in [0.15, 0.2) is 30.5 Å². The fourth-order valence-corrected chi connectivity index (χ4v) is 3.69. The third kappa shape index (κ3) is 4.95. The predicted molar refractivity (Wildman–Crippen MR) is 107 cm³/mol. The molecule has 0 radical (unpaired) electrons. The molecule has 3 heterocycles. The minimum absolute atomic E-state index is 0.221. The van der Waals surface area contributed by atoms with Crippen LogP contribution in [0.5, 0.6) is 0 Å². The van der Waals surface area contributed by atoms with Crippen LogP contribution in [0.3, 0.4) is 0 Å². The number of hydrogen-bond donors (Lipinski definition) is 2. The van der Waals surface area contributed by atoms with Crippen LogP contribution < -0.4 is 10.6 Å². The molecule has 4 rings (SSSR count). The molecule has 0 saturated carbocycles. The maximum atomic E-state index is 12.5. The molecule has 0 spiro atoms. The molecule has 2 aliphatic rings. The average Bonchev–Trinajstić information content (AvgIpc) is 3.25. The summed E-state index contributed by atoms with van der Waals surface area (Å²) in [5, 5.41) is 14.4. The van der Waals surface area contributed by atoms with Crippen molar-refractivity contribution in [1.82, 2.24) is 25.2 Å². The van der Waals surface area contributed by atoms with Gasteiger partial charge < -0.3 is 15.4 Å². The van der Waals surface area contributed by atoms with Crippen molar-refractivity contribution in [2.24, 2.45) is 0 Å². The summed E-state index contributed by atoms with van der Waals surface area (Å²) in [6.45, 7) is 6.65. The van der Waals surface area contributed by atoms with Gasteiger partial charge in [0.05, 0.1) is 25.5 Å². The van der Waals surface area contributed by atoms with Crippen molar-refractivity contribution in [1.29, 1.82) is 0 Å². The zero-order valence-electron chi connectivity index (χ0n) is 16.1. The Kier molecular flexibility index (Phi) is 6.31. The Balaban J connectivity index is 1.28. The summed E-state index contributed by atoms with van der Waals surface area (Å²) in [6.07, 6.45) is 4.77. The number of piperidine rings is 1. The van der Waals surface area contributed by atoms with E-state index in [0.29, 0.717) is 11.7 Å². The quantitative estimate of drug-likeness (QED) is 0.782. The van der Waals surface area contributed by atoms with Gasteiger partial charge in [0.15, 0.2) is 5.69 Å². The van der Waals surface area contributed by atoms with Gasteiger partial charge in [-0.15, -0.1) is 5.10 Å². The van der Waals surface area contributed by atoms with E-state index >= 15 is 0 Å². The second-order valence-corrected chi connectivity index (χ2v) is 7.42. The number of amides is 1. The lowest BCUT2D eigenvalue weighted by Crippen LogP contribution is -2.37. The number of ether oxygens (including phenoxy) is 1. The molecule has 0 aliphatic carbocycles. The van der Waals surface area contributed by atoms with Crippen LogP contribution in [0.25, 0.3) is 0 Å². The van der Waals surface area contributed by atoms with E-state index in [1.807, 2.05) is 16.8 Å². The Bertz CT molecular complexity index is 763. The van der Waals surface area contributed by atoms with Crippen molar-refractivity contribution in [2.75, 3.05) is 51.3 Å². The molecule has 8 heteroatoms. The topological polar surface area (TPSA) is 84.3 Å². The van der Waals surface area contributed by atoms with E-state index in [4.69, 9.17) is 4.74 Å². The van der Waals surface area contributed by atoms with Crippen molar-refractivity contribution < 1.29 is 9.53 Å². The van der Waals surface area contributed by atoms with Gasteiger partial charge in [0.25, 0.3) is 5.91 Å². The minimum atomic E-state index is -0.221. The monoisotopic (exact) mass is 384 g/mol. The molecule has 0 atom stereocenters. The van der Waals surface area contributed by atoms with Gasteiger partial charge in [-0.05, 0) is 50.0 Å². The number of hydrogen-bond acceptors (Lipinski definition) is 6. The van der Waals surface area contributed by atoms with Gasteiger partial charge in [-0.2, -0.15) is 0 Å². The van der Waals surface area contributed by atoms with Crippen LogP contribution in [-0.2, 0) is 11.2 Å².